The number of nitrogens with one attached hydrogen (secondary N) is 1. The van der Waals surface area contributed by atoms with E-state index in [0.717, 1.165) is 57.5 Å². The fourth-order valence-electron chi connectivity index (χ4n) is 5.00. The summed E-state index contributed by atoms with van der Waals surface area (Å²) in [5.74, 6) is 1.33. The number of hydrogen-bond donors (Lipinski definition) is 2. The first kappa shape index (κ1) is 27.7. The molecule has 35 heavy (non-hydrogen) atoms. The molecular weight excluding hydrogens is 512 g/mol. The van der Waals surface area contributed by atoms with E-state index in [0.29, 0.717) is 39.7 Å². The molecule has 0 spiro atoms. The lowest BCUT2D eigenvalue weighted by Crippen LogP contribution is -2.49. The van der Waals surface area contributed by atoms with E-state index in [1.54, 1.807) is 6.07 Å². The Kier molecular flexibility index (Phi) is 9.78. The summed E-state index contributed by atoms with van der Waals surface area (Å²) < 4.78 is 14.0. The van der Waals surface area contributed by atoms with Gasteiger partial charge in [-0.2, -0.15) is 4.98 Å². The Morgan fingerprint density at radius 1 is 1.00 bits per heavy atom. The highest BCUT2D eigenvalue weighted by molar-refractivity contribution is 6.30. The number of rotatable bonds is 5. The topological polar surface area (TPSA) is 64.5 Å². The summed E-state index contributed by atoms with van der Waals surface area (Å²) in [4.78, 5) is 14.3. The van der Waals surface area contributed by atoms with E-state index in [4.69, 9.17) is 21.6 Å². The molecule has 0 radical (unpaired) electrons. The highest BCUT2D eigenvalue weighted by Crippen LogP contribution is 2.30. The van der Waals surface area contributed by atoms with Crippen LogP contribution in [-0.2, 0) is 0 Å². The van der Waals surface area contributed by atoms with Crippen LogP contribution in [0, 0.1) is 11.7 Å². The molecular formula is C25H31Cl3FN5O. The van der Waals surface area contributed by atoms with Gasteiger partial charge in [0.1, 0.15) is 11.6 Å². The lowest BCUT2D eigenvalue weighted by Gasteiger charge is -2.42. The number of piperidine rings is 2. The van der Waals surface area contributed by atoms with E-state index in [1.165, 1.54) is 12.1 Å². The van der Waals surface area contributed by atoms with E-state index in [9.17, 15) is 9.50 Å². The number of hydrogen-bond acceptors (Lipinski definition) is 6. The van der Waals surface area contributed by atoms with Crippen LogP contribution in [0.4, 0.5) is 21.8 Å². The van der Waals surface area contributed by atoms with Gasteiger partial charge in [-0.05, 0) is 80.6 Å². The summed E-state index contributed by atoms with van der Waals surface area (Å²) >= 11 is 6.02. The van der Waals surface area contributed by atoms with Crippen molar-refractivity contribution in [3.63, 3.8) is 0 Å². The Morgan fingerprint density at radius 2 is 1.74 bits per heavy atom. The van der Waals surface area contributed by atoms with Crippen molar-refractivity contribution >= 4 is 64.8 Å². The summed E-state index contributed by atoms with van der Waals surface area (Å²) in [5, 5.41) is 14.2. The SMILES string of the molecule is Cl.Cl.OC[C@H]1CCCN(C2CCN(c3nc(Nc4ccc(Cl)cc4)c4cc(F)ccc4n3)CC2)C1. The van der Waals surface area contributed by atoms with Crippen LogP contribution in [0.3, 0.4) is 0 Å². The molecule has 5 rings (SSSR count). The third-order valence-corrected chi connectivity index (χ3v) is 7.08. The second kappa shape index (κ2) is 12.4. The Bertz CT molecular complexity index is 1110. The second-order valence-corrected chi connectivity index (χ2v) is 9.51. The van der Waals surface area contributed by atoms with Gasteiger partial charge in [0, 0.05) is 48.4 Å². The quantitative estimate of drug-likeness (QED) is 0.432. The molecule has 190 valence electrons. The summed E-state index contributed by atoms with van der Waals surface area (Å²) in [5.41, 5.74) is 1.54. The van der Waals surface area contributed by atoms with Gasteiger partial charge in [-0.3, -0.25) is 4.90 Å². The molecule has 2 N–H and O–H groups in total. The van der Waals surface area contributed by atoms with Gasteiger partial charge in [0.05, 0.1) is 5.52 Å². The van der Waals surface area contributed by atoms with Crippen molar-refractivity contribution in [2.75, 3.05) is 43.0 Å². The summed E-state index contributed by atoms with van der Waals surface area (Å²) in [6.45, 7) is 4.14. The van der Waals surface area contributed by atoms with E-state index < -0.39 is 0 Å². The van der Waals surface area contributed by atoms with Crippen LogP contribution in [0.2, 0.25) is 5.02 Å². The standard InChI is InChI=1S/C25H29ClFN5O.2ClH/c26-18-3-6-20(7-4-18)28-24-22-14-19(27)5-8-23(22)29-25(30-24)31-12-9-21(10-13-31)32-11-1-2-17(15-32)16-33;;/h3-8,14,17,21,33H,1-2,9-13,15-16H2,(H,28,29,30);2*1H/t17-;;/m0../s1. The zero-order chi connectivity index (χ0) is 22.8. The van der Waals surface area contributed by atoms with Crippen molar-refractivity contribution in [1.82, 2.24) is 14.9 Å². The Labute approximate surface area is 222 Å². The summed E-state index contributed by atoms with van der Waals surface area (Å²) in [7, 11) is 0. The molecule has 3 aromatic rings. The largest absolute Gasteiger partial charge is 0.396 e. The molecule has 0 bridgehead atoms. The number of aliphatic hydroxyl groups excluding tert-OH is 1. The first-order chi connectivity index (χ1) is 16.1. The van der Waals surface area contributed by atoms with Gasteiger partial charge in [-0.25, -0.2) is 9.37 Å². The number of fused-ring (bicyclic) bond motifs is 1. The van der Waals surface area contributed by atoms with Crippen LogP contribution in [0.15, 0.2) is 42.5 Å². The number of nitrogens with zero attached hydrogens (tertiary/aromatic N) is 4. The number of benzene rings is 2. The van der Waals surface area contributed by atoms with E-state index in [-0.39, 0.29) is 37.2 Å². The van der Waals surface area contributed by atoms with Crippen LogP contribution in [0.25, 0.3) is 10.9 Å². The van der Waals surface area contributed by atoms with Gasteiger partial charge in [0.15, 0.2) is 0 Å². The molecule has 6 nitrogen and oxygen atoms in total. The number of aliphatic hydroxyl groups is 1. The predicted molar refractivity (Wildman–Crippen MR) is 145 cm³/mol. The molecule has 0 saturated carbocycles. The zero-order valence-electron chi connectivity index (χ0n) is 19.4. The normalized spacial score (nSPS) is 19.2. The van der Waals surface area contributed by atoms with Crippen molar-refractivity contribution in [3.05, 3.63) is 53.3 Å². The smallest absolute Gasteiger partial charge is 0.227 e. The van der Waals surface area contributed by atoms with Crippen molar-refractivity contribution in [2.45, 2.75) is 31.7 Å². The number of likely N-dealkylation sites (tertiary alicyclic amines) is 1. The minimum Gasteiger partial charge on any atom is -0.396 e. The Balaban J connectivity index is 0.00000171. The van der Waals surface area contributed by atoms with Gasteiger partial charge in [-0.15, -0.1) is 24.8 Å². The molecule has 2 saturated heterocycles. The third-order valence-electron chi connectivity index (χ3n) is 6.83. The van der Waals surface area contributed by atoms with E-state index in [2.05, 4.69) is 15.1 Å². The number of anilines is 3. The minimum absolute atomic E-state index is 0. The maximum Gasteiger partial charge on any atom is 0.227 e. The fraction of sp³-hybridized carbons (Fsp3) is 0.440. The van der Waals surface area contributed by atoms with Crippen LogP contribution < -0.4 is 10.2 Å². The van der Waals surface area contributed by atoms with Crippen molar-refractivity contribution in [2.24, 2.45) is 5.92 Å². The first-order valence-corrected chi connectivity index (χ1v) is 12.1. The first-order valence-electron chi connectivity index (χ1n) is 11.7. The van der Waals surface area contributed by atoms with Gasteiger partial charge < -0.3 is 15.3 Å². The number of aromatic nitrogens is 2. The molecule has 3 heterocycles. The molecule has 2 aromatic carbocycles. The van der Waals surface area contributed by atoms with Gasteiger partial charge >= 0.3 is 0 Å². The van der Waals surface area contributed by atoms with Crippen LogP contribution in [-0.4, -0.2) is 58.8 Å². The molecule has 10 heteroatoms. The maximum atomic E-state index is 14.0. The predicted octanol–water partition coefficient (Wildman–Crippen LogP) is 5.68. The minimum atomic E-state index is -0.318. The van der Waals surface area contributed by atoms with Gasteiger partial charge in [0.2, 0.25) is 5.95 Å². The maximum absolute atomic E-state index is 14.0. The lowest BCUT2D eigenvalue weighted by atomic mass is 9.94. The van der Waals surface area contributed by atoms with Crippen LogP contribution in [0.5, 0.6) is 0 Å². The highest BCUT2D eigenvalue weighted by atomic mass is 35.5. The molecule has 2 aliphatic rings. The molecule has 2 fully saturated rings. The average molecular weight is 543 g/mol. The van der Waals surface area contributed by atoms with Gasteiger partial charge in [-0.1, -0.05) is 11.6 Å². The van der Waals surface area contributed by atoms with Crippen molar-refractivity contribution in [3.8, 4) is 0 Å². The van der Waals surface area contributed by atoms with Gasteiger partial charge in [0.25, 0.3) is 0 Å². The molecule has 1 atom stereocenters. The Morgan fingerprint density at radius 3 is 2.46 bits per heavy atom. The molecule has 0 unspecified atom stereocenters. The van der Waals surface area contributed by atoms with Crippen LogP contribution in [0.1, 0.15) is 25.7 Å². The molecule has 0 aliphatic carbocycles. The van der Waals surface area contributed by atoms with E-state index in [1.807, 2.05) is 24.3 Å². The average Bonchev–Trinajstić information content (AvgIpc) is 2.85. The number of halogens is 4. The van der Waals surface area contributed by atoms with E-state index >= 15 is 0 Å². The molecule has 0 amide bonds. The molecule has 1 aromatic heterocycles. The highest BCUT2D eigenvalue weighted by Gasteiger charge is 2.29. The zero-order valence-corrected chi connectivity index (χ0v) is 21.8. The molecule has 2 aliphatic heterocycles. The Hall–Kier alpha value is -1.90. The van der Waals surface area contributed by atoms with Crippen LogP contribution >= 0.6 is 36.4 Å². The summed E-state index contributed by atoms with van der Waals surface area (Å²) in [6, 6.07) is 12.5. The fourth-order valence-corrected chi connectivity index (χ4v) is 5.13. The van der Waals surface area contributed by atoms with Crippen molar-refractivity contribution in [1.29, 1.82) is 0 Å². The second-order valence-electron chi connectivity index (χ2n) is 9.07. The monoisotopic (exact) mass is 541 g/mol. The lowest BCUT2D eigenvalue weighted by molar-refractivity contribution is 0.0776. The summed E-state index contributed by atoms with van der Waals surface area (Å²) in [6.07, 6.45) is 4.38. The third kappa shape index (κ3) is 6.46. The van der Waals surface area contributed by atoms with Crippen molar-refractivity contribution < 1.29 is 9.50 Å².